The Hall–Kier alpha value is -2.05. The van der Waals surface area contributed by atoms with Crippen molar-refractivity contribution in [3.8, 4) is 11.5 Å². The Labute approximate surface area is 148 Å². The van der Waals surface area contributed by atoms with Gasteiger partial charge in [0, 0.05) is 63.2 Å². The van der Waals surface area contributed by atoms with Gasteiger partial charge >= 0.3 is 0 Å². The standard InChI is InChI=1S/C19H26N4O2/c1-13-8-14-9-16(24-3)10-15(18(14)25-13)12-23-7-4-20-11-17(23)19-21-5-6-22(19)2/h5-6,9-10,13,17,20H,4,7-8,11-12H2,1-3H3. The van der Waals surface area contributed by atoms with Crippen molar-refractivity contribution in [1.29, 1.82) is 0 Å². The van der Waals surface area contributed by atoms with E-state index in [4.69, 9.17) is 9.47 Å². The molecule has 2 atom stereocenters. The van der Waals surface area contributed by atoms with Crippen LogP contribution in [0.2, 0.25) is 0 Å². The molecule has 4 rings (SSSR count). The van der Waals surface area contributed by atoms with E-state index in [1.54, 1.807) is 7.11 Å². The second kappa shape index (κ2) is 6.69. The number of nitrogens with zero attached hydrogens (tertiary/aromatic N) is 3. The topological polar surface area (TPSA) is 51.5 Å². The van der Waals surface area contributed by atoms with Crippen molar-refractivity contribution in [2.45, 2.75) is 32.0 Å². The fourth-order valence-corrected chi connectivity index (χ4v) is 3.92. The largest absolute Gasteiger partial charge is 0.497 e. The Morgan fingerprint density at radius 3 is 3.04 bits per heavy atom. The van der Waals surface area contributed by atoms with Crippen molar-refractivity contribution >= 4 is 0 Å². The highest BCUT2D eigenvalue weighted by Gasteiger charge is 2.30. The number of hydrogen-bond acceptors (Lipinski definition) is 5. The minimum absolute atomic E-state index is 0.231. The monoisotopic (exact) mass is 342 g/mol. The van der Waals surface area contributed by atoms with Crippen LogP contribution in [-0.2, 0) is 20.0 Å². The van der Waals surface area contributed by atoms with Gasteiger partial charge in [-0.05, 0) is 19.1 Å². The van der Waals surface area contributed by atoms with E-state index in [0.717, 1.165) is 49.9 Å². The van der Waals surface area contributed by atoms with Crippen LogP contribution in [0.15, 0.2) is 24.5 Å². The number of hydrogen-bond donors (Lipinski definition) is 1. The first-order chi connectivity index (χ1) is 12.2. The lowest BCUT2D eigenvalue weighted by molar-refractivity contribution is 0.142. The van der Waals surface area contributed by atoms with Crippen LogP contribution in [0.4, 0.5) is 0 Å². The van der Waals surface area contributed by atoms with Crippen LogP contribution in [0.1, 0.15) is 29.9 Å². The number of aryl methyl sites for hydroxylation is 1. The molecule has 1 N–H and O–H groups in total. The molecule has 134 valence electrons. The van der Waals surface area contributed by atoms with Crippen LogP contribution >= 0.6 is 0 Å². The first kappa shape index (κ1) is 16.4. The van der Waals surface area contributed by atoms with E-state index in [9.17, 15) is 0 Å². The summed E-state index contributed by atoms with van der Waals surface area (Å²) in [5.41, 5.74) is 2.46. The molecule has 2 aliphatic rings. The summed E-state index contributed by atoms with van der Waals surface area (Å²) in [5.74, 6) is 3.06. The molecule has 6 nitrogen and oxygen atoms in total. The predicted molar refractivity (Wildman–Crippen MR) is 96.0 cm³/mol. The molecule has 1 aromatic carbocycles. The Bertz CT molecular complexity index is 758. The summed E-state index contributed by atoms with van der Waals surface area (Å²) in [6, 6.07) is 4.49. The third-order valence-corrected chi connectivity index (χ3v) is 5.16. The average Bonchev–Trinajstić information content (AvgIpc) is 3.20. The fourth-order valence-electron chi connectivity index (χ4n) is 3.92. The Kier molecular flexibility index (Phi) is 4.39. The number of fused-ring (bicyclic) bond motifs is 1. The van der Waals surface area contributed by atoms with E-state index >= 15 is 0 Å². The summed E-state index contributed by atoms with van der Waals surface area (Å²) in [6.07, 6.45) is 5.06. The zero-order valence-corrected chi connectivity index (χ0v) is 15.2. The number of piperazine rings is 1. The minimum Gasteiger partial charge on any atom is -0.497 e. The maximum Gasteiger partial charge on any atom is 0.127 e. The predicted octanol–water partition coefficient (Wildman–Crippen LogP) is 1.90. The second-order valence-electron chi connectivity index (χ2n) is 6.99. The number of rotatable bonds is 4. The molecule has 1 saturated heterocycles. The lowest BCUT2D eigenvalue weighted by Gasteiger charge is -2.36. The van der Waals surface area contributed by atoms with Gasteiger partial charge in [0.1, 0.15) is 23.4 Å². The van der Waals surface area contributed by atoms with E-state index in [-0.39, 0.29) is 12.1 Å². The number of benzene rings is 1. The molecule has 0 spiro atoms. The third kappa shape index (κ3) is 3.12. The van der Waals surface area contributed by atoms with Gasteiger partial charge in [-0.25, -0.2) is 4.98 Å². The van der Waals surface area contributed by atoms with Gasteiger partial charge in [0.2, 0.25) is 0 Å². The number of imidazole rings is 1. The number of ether oxygens (including phenoxy) is 2. The molecule has 0 saturated carbocycles. The van der Waals surface area contributed by atoms with Crippen LogP contribution < -0.4 is 14.8 Å². The molecule has 0 bridgehead atoms. The van der Waals surface area contributed by atoms with Gasteiger partial charge in [0.05, 0.1) is 13.2 Å². The Balaban J connectivity index is 1.64. The van der Waals surface area contributed by atoms with E-state index in [0.29, 0.717) is 0 Å². The fraction of sp³-hybridized carbons (Fsp3) is 0.526. The van der Waals surface area contributed by atoms with Crippen LogP contribution in [-0.4, -0.2) is 47.3 Å². The maximum absolute atomic E-state index is 6.11. The quantitative estimate of drug-likeness (QED) is 0.920. The molecule has 0 radical (unpaired) electrons. The summed E-state index contributed by atoms with van der Waals surface area (Å²) in [6.45, 7) is 5.85. The van der Waals surface area contributed by atoms with Crippen LogP contribution in [0.5, 0.6) is 11.5 Å². The normalized spacial score (nSPS) is 23.3. The SMILES string of the molecule is COc1cc2c(c(CN3CCNCC3c3nccn3C)c1)OC(C)C2. The van der Waals surface area contributed by atoms with Crippen molar-refractivity contribution < 1.29 is 9.47 Å². The second-order valence-corrected chi connectivity index (χ2v) is 6.99. The van der Waals surface area contributed by atoms with Gasteiger partial charge in [-0.2, -0.15) is 0 Å². The van der Waals surface area contributed by atoms with Crippen LogP contribution in [0.25, 0.3) is 0 Å². The summed E-state index contributed by atoms with van der Waals surface area (Å²) < 4.78 is 13.7. The number of aromatic nitrogens is 2. The van der Waals surface area contributed by atoms with Crippen molar-refractivity contribution in [2.24, 2.45) is 7.05 Å². The molecule has 2 unspecified atom stereocenters. The van der Waals surface area contributed by atoms with Gasteiger partial charge < -0.3 is 19.4 Å². The number of nitrogens with one attached hydrogen (secondary N) is 1. The van der Waals surface area contributed by atoms with Crippen molar-refractivity contribution in [2.75, 3.05) is 26.7 Å². The minimum atomic E-state index is 0.231. The van der Waals surface area contributed by atoms with E-state index in [1.165, 1.54) is 11.1 Å². The molecular formula is C19H26N4O2. The maximum atomic E-state index is 6.11. The first-order valence-electron chi connectivity index (χ1n) is 8.94. The lowest BCUT2D eigenvalue weighted by atomic mass is 10.0. The third-order valence-electron chi connectivity index (χ3n) is 5.16. The van der Waals surface area contributed by atoms with Crippen molar-refractivity contribution in [3.63, 3.8) is 0 Å². The summed E-state index contributed by atoms with van der Waals surface area (Å²) in [7, 11) is 3.79. The highest BCUT2D eigenvalue weighted by Crippen LogP contribution is 2.38. The highest BCUT2D eigenvalue weighted by atomic mass is 16.5. The molecule has 1 fully saturated rings. The van der Waals surface area contributed by atoms with Gasteiger partial charge in [0.25, 0.3) is 0 Å². The summed E-state index contributed by atoms with van der Waals surface area (Å²) in [4.78, 5) is 7.06. The molecule has 2 aromatic rings. The van der Waals surface area contributed by atoms with Gasteiger partial charge in [0.15, 0.2) is 0 Å². The zero-order chi connectivity index (χ0) is 17.4. The molecule has 0 amide bonds. The number of methoxy groups -OCH3 is 1. The van der Waals surface area contributed by atoms with Gasteiger partial charge in [-0.15, -0.1) is 0 Å². The lowest BCUT2D eigenvalue weighted by Crippen LogP contribution is -2.46. The van der Waals surface area contributed by atoms with Crippen molar-refractivity contribution in [3.05, 3.63) is 41.5 Å². The van der Waals surface area contributed by atoms with Crippen LogP contribution in [0.3, 0.4) is 0 Å². The summed E-state index contributed by atoms with van der Waals surface area (Å²) in [5, 5.41) is 3.50. The van der Waals surface area contributed by atoms with Crippen LogP contribution in [0, 0.1) is 0 Å². The zero-order valence-electron chi connectivity index (χ0n) is 15.2. The van der Waals surface area contributed by atoms with E-state index in [1.807, 2.05) is 12.4 Å². The van der Waals surface area contributed by atoms with E-state index in [2.05, 4.69) is 45.9 Å². The highest BCUT2D eigenvalue weighted by molar-refractivity contribution is 5.49. The first-order valence-corrected chi connectivity index (χ1v) is 8.94. The summed E-state index contributed by atoms with van der Waals surface area (Å²) >= 11 is 0. The molecule has 3 heterocycles. The molecule has 25 heavy (non-hydrogen) atoms. The molecule has 2 aliphatic heterocycles. The average molecular weight is 342 g/mol. The molecule has 6 heteroatoms. The molecule has 1 aromatic heterocycles. The Morgan fingerprint density at radius 2 is 2.28 bits per heavy atom. The van der Waals surface area contributed by atoms with E-state index < -0.39 is 0 Å². The smallest absolute Gasteiger partial charge is 0.127 e. The van der Waals surface area contributed by atoms with Crippen molar-refractivity contribution in [1.82, 2.24) is 19.8 Å². The molecule has 0 aliphatic carbocycles. The molecular weight excluding hydrogens is 316 g/mol. The Morgan fingerprint density at radius 1 is 1.40 bits per heavy atom. The van der Waals surface area contributed by atoms with Gasteiger partial charge in [-0.1, -0.05) is 0 Å². The van der Waals surface area contributed by atoms with Gasteiger partial charge in [-0.3, -0.25) is 4.90 Å².